The summed E-state index contributed by atoms with van der Waals surface area (Å²) in [6.45, 7) is 1.55. The van der Waals surface area contributed by atoms with Gasteiger partial charge in [-0.1, -0.05) is 11.6 Å². The second-order valence-electron chi connectivity index (χ2n) is 4.90. The molecule has 2 atom stereocenters. The zero-order chi connectivity index (χ0) is 15.1. The van der Waals surface area contributed by atoms with Crippen molar-refractivity contribution in [1.82, 2.24) is 5.32 Å². The number of amides is 1. The van der Waals surface area contributed by atoms with Gasteiger partial charge in [0.25, 0.3) is 6.47 Å². The molecule has 1 aromatic carbocycles. The molecule has 0 bridgehead atoms. The Balaban J connectivity index is 1.75. The first-order valence-corrected chi connectivity index (χ1v) is 7.33. The molecule has 114 valence electrons. The monoisotopic (exact) mass is 311 g/mol. The number of benzene rings is 1. The summed E-state index contributed by atoms with van der Waals surface area (Å²) in [6, 6.07) is 7.12. The van der Waals surface area contributed by atoms with Crippen LogP contribution in [0.15, 0.2) is 24.3 Å². The fourth-order valence-electron chi connectivity index (χ4n) is 2.41. The topological polar surface area (TPSA) is 64.6 Å². The number of carbonyl (C=O) groups is 2. The Hall–Kier alpha value is -1.75. The van der Waals surface area contributed by atoms with E-state index in [1.165, 1.54) is 0 Å². The number of hydrogen-bond acceptors (Lipinski definition) is 4. The summed E-state index contributed by atoms with van der Waals surface area (Å²) in [6.07, 6.45) is 1.63. The Labute approximate surface area is 128 Å². The van der Waals surface area contributed by atoms with Crippen molar-refractivity contribution in [1.29, 1.82) is 0 Å². The van der Waals surface area contributed by atoms with Crippen molar-refractivity contribution in [2.24, 2.45) is 5.92 Å². The largest absolute Gasteiger partial charge is 0.494 e. The maximum Gasteiger partial charge on any atom is 0.293 e. The molecule has 1 N–H and O–H groups in total. The molecule has 1 aliphatic rings. The van der Waals surface area contributed by atoms with E-state index in [1.807, 2.05) is 0 Å². The van der Waals surface area contributed by atoms with Crippen LogP contribution in [0.25, 0.3) is 0 Å². The third kappa shape index (κ3) is 4.63. The molecule has 0 spiro atoms. The fraction of sp³-hybridized carbons (Fsp3) is 0.467. The zero-order valence-corrected chi connectivity index (χ0v) is 12.3. The van der Waals surface area contributed by atoms with Crippen LogP contribution in [0.5, 0.6) is 5.75 Å². The van der Waals surface area contributed by atoms with Crippen molar-refractivity contribution in [3.05, 3.63) is 29.3 Å². The minimum absolute atomic E-state index is 0.0412. The van der Waals surface area contributed by atoms with Crippen LogP contribution in [0.2, 0.25) is 5.02 Å². The van der Waals surface area contributed by atoms with E-state index in [4.69, 9.17) is 21.1 Å². The molecule has 0 saturated carbocycles. The molecule has 6 heteroatoms. The lowest BCUT2D eigenvalue weighted by Crippen LogP contribution is -2.31. The van der Waals surface area contributed by atoms with Gasteiger partial charge in [0, 0.05) is 11.6 Å². The lowest BCUT2D eigenvalue weighted by molar-refractivity contribution is -0.140. The molecule has 0 aliphatic carbocycles. The van der Waals surface area contributed by atoms with Gasteiger partial charge < -0.3 is 14.8 Å². The van der Waals surface area contributed by atoms with Gasteiger partial charge in [-0.3, -0.25) is 9.59 Å². The first kappa shape index (κ1) is 15.6. The van der Waals surface area contributed by atoms with E-state index in [0.29, 0.717) is 43.9 Å². The summed E-state index contributed by atoms with van der Waals surface area (Å²) in [5, 5.41) is 3.41. The van der Waals surface area contributed by atoms with Gasteiger partial charge in [-0.25, -0.2) is 0 Å². The molecule has 5 nitrogen and oxygen atoms in total. The SMILES string of the molecule is O=COC(CCCOc1ccc(Cl)cc1)C1CCNC1=O. The van der Waals surface area contributed by atoms with Crippen LogP contribution in [0.3, 0.4) is 0 Å². The van der Waals surface area contributed by atoms with Crippen molar-refractivity contribution in [3.8, 4) is 5.75 Å². The first-order chi connectivity index (χ1) is 10.2. The van der Waals surface area contributed by atoms with Gasteiger partial charge in [0.05, 0.1) is 12.5 Å². The molecule has 2 rings (SSSR count). The molecule has 21 heavy (non-hydrogen) atoms. The van der Waals surface area contributed by atoms with Gasteiger partial charge >= 0.3 is 0 Å². The number of nitrogens with one attached hydrogen (secondary N) is 1. The summed E-state index contributed by atoms with van der Waals surface area (Å²) >= 11 is 5.79. The van der Waals surface area contributed by atoms with E-state index in [2.05, 4.69) is 5.32 Å². The minimum Gasteiger partial charge on any atom is -0.494 e. The number of hydrogen-bond donors (Lipinski definition) is 1. The Bertz CT molecular complexity index is 477. The highest BCUT2D eigenvalue weighted by Gasteiger charge is 2.33. The lowest BCUT2D eigenvalue weighted by Gasteiger charge is -2.19. The van der Waals surface area contributed by atoms with Crippen LogP contribution in [-0.4, -0.2) is 31.6 Å². The molecule has 1 heterocycles. The second-order valence-corrected chi connectivity index (χ2v) is 5.34. The predicted molar refractivity (Wildman–Crippen MR) is 78.2 cm³/mol. The van der Waals surface area contributed by atoms with Gasteiger partial charge in [0.2, 0.25) is 5.91 Å². The number of halogens is 1. The Morgan fingerprint density at radius 3 is 2.76 bits per heavy atom. The summed E-state index contributed by atoms with van der Waals surface area (Å²) in [5.41, 5.74) is 0. The molecule has 0 aromatic heterocycles. The Kier molecular flexibility index (Phi) is 5.87. The normalized spacial score (nSPS) is 18.9. The third-order valence-corrected chi connectivity index (χ3v) is 3.74. The third-order valence-electron chi connectivity index (χ3n) is 3.49. The van der Waals surface area contributed by atoms with Crippen LogP contribution in [0, 0.1) is 5.92 Å². The van der Waals surface area contributed by atoms with Crippen LogP contribution in [-0.2, 0) is 14.3 Å². The molecule has 0 radical (unpaired) electrons. The summed E-state index contributed by atoms with van der Waals surface area (Å²) < 4.78 is 10.6. The molecule has 1 aromatic rings. The Morgan fingerprint density at radius 1 is 1.38 bits per heavy atom. The first-order valence-electron chi connectivity index (χ1n) is 6.96. The maximum atomic E-state index is 11.6. The molecular weight excluding hydrogens is 294 g/mol. The molecular formula is C15H18ClNO4. The molecule has 1 amide bonds. The summed E-state index contributed by atoms with van der Waals surface area (Å²) in [7, 11) is 0. The van der Waals surface area contributed by atoms with Crippen LogP contribution < -0.4 is 10.1 Å². The van der Waals surface area contributed by atoms with Crippen LogP contribution in [0.4, 0.5) is 0 Å². The van der Waals surface area contributed by atoms with E-state index < -0.39 is 0 Å². The second kappa shape index (κ2) is 7.88. The average molecular weight is 312 g/mol. The standard InChI is InChI=1S/C15H18ClNO4/c16-11-3-5-12(6-4-11)20-9-1-2-14(21-10-18)13-7-8-17-15(13)19/h3-6,10,13-14H,1-2,7-9H2,(H,17,19). The highest BCUT2D eigenvalue weighted by molar-refractivity contribution is 6.30. The van der Waals surface area contributed by atoms with Gasteiger partial charge in [-0.2, -0.15) is 0 Å². The van der Waals surface area contributed by atoms with Crippen molar-refractivity contribution in [3.63, 3.8) is 0 Å². The van der Waals surface area contributed by atoms with Crippen molar-refractivity contribution < 1.29 is 19.1 Å². The van der Waals surface area contributed by atoms with E-state index in [0.717, 1.165) is 5.75 Å². The van der Waals surface area contributed by atoms with E-state index >= 15 is 0 Å². The van der Waals surface area contributed by atoms with Gasteiger partial charge in [-0.05, 0) is 43.5 Å². The predicted octanol–water partition coefficient (Wildman–Crippen LogP) is 2.18. The maximum absolute atomic E-state index is 11.6. The smallest absolute Gasteiger partial charge is 0.293 e. The van der Waals surface area contributed by atoms with E-state index in [1.54, 1.807) is 24.3 Å². The average Bonchev–Trinajstić information content (AvgIpc) is 2.90. The van der Waals surface area contributed by atoms with Crippen molar-refractivity contribution >= 4 is 24.0 Å². The van der Waals surface area contributed by atoms with Gasteiger partial charge in [-0.15, -0.1) is 0 Å². The highest BCUT2D eigenvalue weighted by Crippen LogP contribution is 2.21. The summed E-state index contributed by atoms with van der Waals surface area (Å²) in [5.74, 6) is 0.456. The highest BCUT2D eigenvalue weighted by atomic mass is 35.5. The van der Waals surface area contributed by atoms with E-state index in [-0.39, 0.29) is 17.9 Å². The van der Waals surface area contributed by atoms with Crippen molar-refractivity contribution in [2.75, 3.05) is 13.2 Å². The number of ether oxygens (including phenoxy) is 2. The molecule has 1 fully saturated rings. The number of rotatable bonds is 8. The zero-order valence-electron chi connectivity index (χ0n) is 11.6. The van der Waals surface area contributed by atoms with Gasteiger partial charge in [0.1, 0.15) is 11.9 Å². The van der Waals surface area contributed by atoms with Crippen LogP contribution in [0.1, 0.15) is 19.3 Å². The van der Waals surface area contributed by atoms with Gasteiger partial charge in [0.15, 0.2) is 0 Å². The number of carbonyl (C=O) groups excluding carboxylic acids is 2. The molecule has 1 aliphatic heterocycles. The van der Waals surface area contributed by atoms with Crippen molar-refractivity contribution in [2.45, 2.75) is 25.4 Å². The lowest BCUT2D eigenvalue weighted by atomic mass is 9.97. The fourth-order valence-corrected chi connectivity index (χ4v) is 2.53. The van der Waals surface area contributed by atoms with E-state index in [9.17, 15) is 9.59 Å². The molecule has 1 saturated heterocycles. The molecule has 2 unspecified atom stereocenters. The quantitative estimate of drug-likeness (QED) is 0.590. The van der Waals surface area contributed by atoms with Crippen LogP contribution >= 0.6 is 11.6 Å². The summed E-state index contributed by atoms with van der Waals surface area (Å²) in [4.78, 5) is 22.2. The Morgan fingerprint density at radius 2 is 2.14 bits per heavy atom. The minimum atomic E-state index is -0.376.